The first-order chi connectivity index (χ1) is 9.02. The Bertz CT molecular complexity index is 474. The molecule has 0 bridgehead atoms. The summed E-state index contributed by atoms with van der Waals surface area (Å²) in [5, 5.41) is 12.8. The molecule has 0 aromatic heterocycles. The van der Waals surface area contributed by atoms with Gasteiger partial charge in [0.1, 0.15) is 6.54 Å². The van der Waals surface area contributed by atoms with Gasteiger partial charge in [-0.05, 0) is 12.1 Å². The molecule has 0 saturated heterocycles. The van der Waals surface area contributed by atoms with E-state index in [-0.39, 0.29) is 23.9 Å². The highest BCUT2D eigenvalue weighted by Gasteiger charge is 2.07. The molecule has 19 heavy (non-hydrogen) atoms. The molecule has 1 aromatic carbocycles. The normalized spacial score (nSPS) is 9.74. The summed E-state index contributed by atoms with van der Waals surface area (Å²) in [6.07, 6.45) is 0. The molecule has 0 fully saturated rings. The number of carbonyl (C=O) groups is 2. The maximum absolute atomic E-state index is 11.4. The third-order valence-electron chi connectivity index (χ3n) is 2.08. The molecule has 1 amide bonds. The van der Waals surface area contributed by atoms with Gasteiger partial charge < -0.3 is 10.1 Å². The van der Waals surface area contributed by atoms with E-state index < -0.39 is 10.9 Å². The van der Waals surface area contributed by atoms with Crippen molar-refractivity contribution >= 4 is 29.3 Å². The van der Waals surface area contributed by atoms with Crippen molar-refractivity contribution in [3.63, 3.8) is 0 Å². The molecule has 0 saturated carbocycles. The first kappa shape index (κ1) is 15.0. The molecule has 0 heterocycles. The molecular formula is C11H12N2O5S. The van der Waals surface area contributed by atoms with Crippen molar-refractivity contribution in [2.24, 2.45) is 0 Å². The van der Waals surface area contributed by atoms with Gasteiger partial charge in [0, 0.05) is 17.0 Å². The number of thioether (sulfide) groups is 1. The highest BCUT2D eigenvalue weighted by Crippen LogP contribution is 2.20. The van der Waals surface area contributed by atoms with E-state index in [0.717, 1.165) is 4.90 Å². The quantitative estimate of drug-likeness (QED) is 0.362. The number of nitro groups is 1. The SMILES string of the molecule is COC(=O)CNC(=O)CSc1ccc([N+](=O)[O-])cc1. The maximum atomic E-state index is 11.4. The Hall–Kier alpha value is -2.09. The predicted octanol–water partition coefficient (Wildman–Crippen LogP) is 0.976. The second-order valence-electron chi connectivity index (χ2n) is 3.39. The van der Waals surface area contributed by atoms with Crippen LogP contribution in [0.25, 0.3) is 0 Å². The first-order valence-corrected chi connectivity index (χ1v) is 6.22. The Kier molecular flexibility index (Phi) is 5.80. The van der Waals surface area contributed by atoms with E-state index in [4.69, 9.17) is 0 Å². The van der Waals surface area contributed by atoms with E-state index in [2.05, 4.69) is 10.1 Å². The van der Waals surface area contributed by atoms with Crippen LogP contribution in [0, 0.1) is 10.1 Å². The molecule has 0 aliphatic heterocycles. The summed E-state index contributed by atoms with van der Waals surface area (Å²) >= 11 is 1.22. The summed E-state index contributed by atoms with van der Waals surface area (Å²) < 4.78 is 4.37. The number of hydrogen-bond acceptors (Lipinski definition) is 6. The fraction of sp³-hybridized carbons (Fsp3) is 0.273. The van der Waals surface area contributed by atoms with Crippen LogP contribution >= 0.6 is 11.8 Å². The average molecular weight is 284 g/mol. The lowest BCUT2D eigenvalue weighted by molar-refractivity contribution is -0.384. The number of hydrogen-bond donors (Lipinski definition) is 1. The second kappa shape index (κ2) is 7.37. The Morgan fingerprint density at radius 3 is 2.53 bits per heavy atom. The lowest BCUT2D eigenvalue weighted by atomic mass is 10.3. The summed E-state index contributed by atoms with van der Waals surface area (Å²) in [7, 11) is 1.24. The van der Waals surface area contributed by atoms with Gasteiger partial charge in [-0.3, -0.25) is 19.7 Å². The Morgan fingerprint density at radius 1 is 1.37 bits per heavy atom. The van der Waals surface area contributed by atoms with Gasteiger partial charge in [0.2, 0.25) is 5.91 Å². The molecule has 8 heteroatoms. The molecule has 0 unspecified atom stereocenters. The van der Waals surface area contributed by atoms with Crippen molar-refractivity contribution in [1.82, 2.24) is 5.32 Å². The van der Waals surface area contributed by atoms with Crippen LogP contribution in [0.4, 0.5) is 5.69 Å². The molecule has 1 rings (SSSR count). The number of esters is 1. The van der Waals surface area contributed by atoms with Crippen LogP contribution in [0.1, 0.15) is 0 Å². The van der Waals surface area contributed by atoms with E-state index in [1.807, 2.05) is 0 Å². The van der Waals surface area contributed by atoms with E-state index in [9.17, 15) is 19.7 Å². The van der Waals surface area contributed by atoms with Crippen LogP contribution in [0.5, 0.6) is 0 Å². The Morgan fingerprint density at radius 2 is 2.00 bits per heavy atom. The number of nitrogens with zero attached hydrogens (tertiary/aromatic N) is 1. The van der Waals surface area contributed by atoms with Gasteiger partial charge in [-0.2, -0.15) is 0 Å². The zero-order valence-corrected chi connectivity index (χ0v) is 10.9. The molecule has 0 aliphatic carbocycles. The fourth-order valence-corrected chi connectivity index (χ4v) is 1.84. The molecule has 7 nitrogen and oxygen atoms in total. The zero-order valence-electron chi connectivity index (χ0n) is 10.1. The number of non-ortho nitro benzene ring substituents is 1. The Labute approximate surface area is 113 Å². The third-order valence-corrected chi connectivity index (χ3v) is 3.09. The molecule has 1 aromatic rings. The first-order valence-electron chi connectivity index (χ1n) is 5.23. The van der Waals surface area contributed by atoms with Gasteiger partial charge in [-0.1, -0.05) is 0 Å². The lowest BCUT2D eigenvalue weighted by Crippen LogP contribution is -2.31. The highest BCUT2D eigenvalue weighted by molar-refractivity contribution is 8.00. The molecule has 0 aliphatic rings. The van der Waals surface area contributed by atoms with Crippen molar-refractivity contribution < 1.29 is 19.2 Å². The van der Waals surface area contributed by atoms with Crippen LogP contribution < -0.4 is 5.32 Å². The van der Waals surface area contributed by atoms with Crippen molar-refractivity contribution in [2.45, 2.75) is 4.90 Å². The fourth-order valence-electron chi connectivity index (χ4n) is 1.11. The number of nitro benzene ring substituents is 1. The number of amides is 1. The van der Waals surface area contributed by atoms with Gasteiger partial charge in [-0.15, -0.1) is 11.8 Å². The summed E-state index contributed by atoms with van der Waals surface area (Å²) in [5.41, 5.74) is -0.000470. The highest BCUT2D eigenvalue weighted by atomic mass is 32.2. The van der Waals surface area contributed by atoms with Gasteiger partial charge in [0.25, 0.3) is 5.69 Å². The van der Waals surface area contributed by atoms with Crippen LogP contribution in [0.15, 0.2) is 29.2 Å². The average Bonchev–Trinajstić information content (AvgIpc) is 2.42. The number of rotatable bonds is 6. The number of ether oxygens (including phenoxy) is 1. The largest absolute Gasteiger partial charge is 0.468 e. The van der Waals surface area contributed by atoms with E-state index in [0.29, 0.717) is 0 Å². The molecule has 102 valence electrons. The molecule has 1 N–H and O–H groups in total. The summed E-state index contributed by atoms with van der Waals surface area (Å²) in [5.74, 6) is -0.711. The van der Waals surface area contributed by atoms with E-state index in [1.165, 1.54) is 31.0 Å². The smallest absolute Gasteiger partial charge is 0.325 e. The van der Waals surface area contributed by atoms with E-state index >= 15 is 0 Å². The monoisotopic (exact) mass is 284 g/mol. The molecule has 0 spiro atoms. The van der Waals surface area contributed by atoms with Crippen LogP contribution in [0.3, 0.4) is 0 Å². The lowest BCUT2D eigenvalue weighted by Gasteiger charge is -2.03. The van der Waals surface area contributed by atoms with Crippen molar-refractivity contribution in [2.75, 3.05) is 19.4 Å². The number of methoxy groups -OCH3 is 1. The number of nitrogens with one attached hydrogen (secondary N) is 1. The standard InChI is InChI=1S/C11H12N2O5S/c1-18-11(15)6-12-10(14)7-19-9-4-2-8(3-5-9)13(16)17/h2-5H,6-7H2,1H3,(H,12,14). The molecular weight excluding hydrogens is 272 g/mol. The molecule has 0 radical (unpaired) electrons. The summed E-state index contributed by atoms with van der Waals surface area (Å²) in [6, 6.07) is 5.87. The van der Waals surface area contributed by atoms with Gasteiger partial charge in [-0.25, -0.2) is 0 Å². The van der Waals surface area contributed by atoms with Crippen molar-refractivity contribution in [1.29, 1.82) is 0 Å². The zero-order chi connectivity index (χ0) is 14.3. The summed E-state index contributed by atoms with van der Waals surface area (Å²) in [6.45, 7) is -0.170. The Balaban J connectivity index is 2.37. The van der Waals surface area contributed by atoms with Gasteiger partial charge >= 0.3 is 5.97 Å². The minimum absolute atomic E-state index is 0.000470. The topological polar surface area (TPSA) is 98.5 Å². The second-order valence-corrected chi connectivity index (χ2v) is 4.44. The predicted molar refractivity (Wildman–Crippen MR) is 68.8 cm³/mol. The van der Waals surface area contributed by atoms with Crippen LogP contribution in [0.2, 0.25) is 0 Å². The number of carbonyl (C=O) groups excluding carboxylic acids is 2. The van der Waals surface area contributed by atoms with E-state index in [1.54, 1.807) is 12.1 Å². The third kappa shape index (κ3) is 5.38. The summed E-state index contributed by atoms with van der Waals surface area (Å²) in [4.78, 5) is 32.8. The minimum Gasteiger partial charge on any atom is -0.468 e. The van der Waals surface area contributed by atoms with Crippen molar-refractivity contribution in [3.05, 3.63) is 34.4 Å². The van der Waals surface area contributed by atoms with Crippen LogP contribution in [-0.2, 0) is 14.3 Å². The number of benzene rings is 1. The molecule has 0 atom stereocenters. The maximum Gasteiger partial charge on any atom is 0.325 e. The van der Waals surface area contributed by atoms with Crippen LogP contribution in [-0.4, -0.2) is 36.2 Å². The minimum atomic E-state index is -0.520. The van der Waals surface area contributed by atoms with Crippen molar-refractivity contribution in [3.8, 4) is 0 Å². The van der Waals surface area contributed by atoms with Gasteiger partial charge in [0.15, 0.2) is 0 Å². The van der Waals surface area contributed by atoms with Gasteiger partial charge in [0.05, 0.1) is 17.8 Å².